The molecule has 5 heteroatoms. The first kappa shape index (κ1) is 19.2. The third-order valence-corrected chi connectivity index (χ3v) is 5.67. The lowest BCUT2D eigenvalue weighted by molar-refractivity contribution is -0.121. The highest BCUT2D eigenvalue weighted by Crippen LogP contribution is 2.44. The van der Waals surface area contributed by atoms with Crippen LogP contribution in [-0.2, 0) is 11.2 Å². The fourth-order valence-electron chi connectivity index (χ4n) is 3.90. The number of hydrogen-bond acceptors (Lipinski definition) is 3. The summed E-state index contributed by atoms with van der Waals surface area (Å²) in [6, 6.07) is 17.8. The second-order valence-electron chi connectivity index (χ2n) is 7.74. The molecule has 3 aromatic rings. The minimum Gasteiger partial charge on any atom is -0.497 e. The van der Waals surface area contributed by atoms with Gasteiger partial charge in [-0.05, 0) is 60.2 Å². The summed E-state index contributed by atoms with van der Waals surface area (Å²) in [5.41, 5.74) is 2.54. The molecule has 0 radical (unpaired) electrons. The fraction of sp³-hybridized carbons (Fsp3) is 0.333. The quantitative estimate of drug-likeness (QED) is 0.615. The number of aromatic nitrogens is 1. The first-order chi connectivity index (χ1) is 14.1. The smallest absolute Gasteiger partial charge is 0.251 e. The lowest BCUT2D eigenvalue weighted by Crippen LogP contribution is -2.29. The van der Waals surface area contributed by atoms with Crippen molar-refractivity contribution >= 4 is 16.8 Å². The molecule has 1 saturated carbocycles. The van der Waals surface area contributed by atoms with Gasteiger partial charge in [-0.3, -0.25) is 9.59 Å². The zero-order valence-corrected chi connectivity index (χ0v) is 16.6. The van der Waals surface area contributed by atoms with Crippen molar-refractivity contribution in [3.05, 3.63) is 76.1 Å². The number of aromatic amines is 1. The van der Waals surface area contributed by atoms with Gasteiger partial charge in [0.15, 0.2) is 0 Å². The van der Waals surface area contributed by atoms with Gasteiger partial charge in [0.2, 0.25) is 5.91 Å². The number of amides is 1. The van der Waals surface area contributed by atoms with E-state index in [4.69, 9.17) is 4.74 Å². The highest BCUT2D eigenvalue weighted by molar-refractivity contribution is 5.80. The summed E-state index contributed by atoms with van der Waals surface area (Å²) in [6.45, 7) is 0.454. The third-order valence-electron chi connectivity index (χ3n) is 5.67. The first-order valence-electron chi connectivity index (χ1n) is 10.2. The molecule has 5 nitrogen and oxygen atoms in total. The van der Waals surface area contributed by atoms with E-state index in [1.165, 1.54) is 18.4 Å². The number of carbonyl (C=O) groups excluding carboxylic acids is 1. The molecule has 0 bridgehead atoms. The summed E-state index contributed by atoms with van der Waals surface area (Å²) in [7, 11) is 1.60. The molecule has 4 rings (SSSR count). The molecule has 0 aliphatic heterocycles. The Morgan fingerprint density at radius 2 is 1.97 bits per heavy atom. The number of benzene rings is 2. The van der Waals surface area contributed by atoms with E-state index in [1.807, 2.05) is 42.5 Å². The Labute approximate surface area is 170 Å². The number of fused-ring (bicyclic) bond motifs is 1. The predicted molar refractivity (Wildman–Crippen MR) is 114 cm³/mol. The minimum atomic E-state index is -0.125. The van der Waals surface area contributed by atoms with Crippen LogP contribution < -0.4 is 15.6 Å². The van der Waals surface area contributed by atoms with Crippen molar-refractivity contribution < 1.29 is 9.53 Å². The van der Waals surface area contributed by atoms with E-state index in [-0.39, 0.29) is 17.4 Å². The molecule has 1 atom stereocenters. The summed E-state index contributed by atoms with van der Waals surface area (Å²) in [5, 5.41) is 3.94. The van der Waals surface area contributed by atoms with Crippen molar-refractivity contribution in [2.24, 2.45) is 5.92 Å². The van der Waals surface area contributed by atoms with Gasteiger partial charge in [-0.15, -0.1) is 0 Å². The average molecular weight is 390 g/mol. The number of nitrogens with one attached hydrogen (secondary N) is 2. The Morgan fingerprint density at radius 1 is 1.17 bits per heavy atom. The lowest BCUT2D eigenvalue weighted by Gasteiger charge is -2.16. The van der Waals surface area contributed by atoms with Crippen molar-refractivity contribution in [1.82, 2.24) is 10.3 Å². The number of pyridine rings is 1. The van der Waals surface area contributed by atoms with Gasteiger partial charge in [0, 0.05) is 24.6 Å². The van der Waals surface area contributed by atoms with E-state index in [9.17, 15) is 9.59 Å². The standard InChI is InChI=1S/C24H26N2O3/c1-29-20-10-9-18-13-19(24(28)26-22(18)14-20)11-12-25-23(27)15-21(17-7-8-17)16-5-3-2-4-6-16/h2-6,9-10,13-14,17,21H,7-8,11-12,15H2,1H3,(H,25,27)(H,26,28). The van der Waals surface area contributed by atoms with E-state index >= 15 is 0 Å². The molecule has 29 heavy (non-hydrogen) atoms. The number of hydrogen-bond donors (Lipinski definition) is 2. The number of ether oxygens (including phenoxy) is 1. The van der Waals surface area contributed by atoms with Gasteiger partial charge in [0.25, 0.3) is 5.56 Å². The van der Waals surface area contributed by atoms with E-state index in [2.05, 4.69) is 22.4 Å². The van der Waals surface area contributed by atoms with Crippen molar-refractivity contribution in [3.63, 3.8) is 0 Å². The van der Waals surface area contributed by atoms with Crippen LogP contribution in [0.25, 0.3) is 10.9 Å². The summed E-state index contributed by atoms with van der Waals surface area (Å²) >= 11 is 0. The van der Waals surface area contributed by atoms with E-state index in [0.29, 0.717) is 36.6 Å². The Hall–Kier alpha value is -3.08. The van der Waals surface area contributed by atoms with Gasteiger partial charge in [0.1, 0.15) is 5.75 Å². The van der Waals surface area contributed by atoms with Crippen LogP contribution in [0.2, 0.25) is 0 Å². The van der Waals surface area contributed by atoms with Crippen LogP contribution in [0.3, 0.4) is 0 Å². The average Bonchev–Trinajstić information content (AvgIpc) is 3.58. The van der Waals surface area contributed by atoms with Crippen molar-refractivity contribution in [2.75, 3.05) is 13.7 Å². The van der Waals surface area contributed by atoms with E-state index in [1.54, 1.807) is 7.11 Å². The van der Waals surface area contributed by atoms with Crippen LogP contribution in [0, 0.1) is 5.92 Å². The molecule has 1 unspecified atom stereocenters. The molecule has 1 amide bonds. The molecule has 2 aromatic carbocycles. The summed E-state index contributed by atoms with van der Waals surface area (Å²) in [5.74, 6) is 1.66. The van der Waals surface area contributed by atoms with Gasteiger partial charge in [-0.25, -0.2) is 0 Å². The lowest BCUT2D eigenvalue weighted by atomic mass is 9.91. The van der Waals surface area contributed by atoms with Crippen LogP contribution >= 0.6 is 0 Å². The molecule has 1 heterocycles. The Kier molecular flexibility index (Phi) is 5.65. The summed E-state index contributed by atoms with van der Waals surface area (Å²) < 4.78 is 5.20. The molecule has 0 spiro atoms. The van der Waals surface area contributed by atoms with Crippen LogP contribution in [0.1, 0.15) is 36.3 Å². The third kappa shape index (κ3) is 4.67. The van der Waals surface area contributed by atoms with Crippen LogP contribution in [0.15, 0.2) is 59.4 Å². The number of rotatable bonds is 8. The first-order valence-corrected chi connectivity index (χ1v) is 10.2. The van der Waals surface area contributed by atoms with Crippen molar-refractivity contribution in [1.29, 1.82) is 0 Å². The molecule has 1 aromatic heterocycles. The molecular formula is C24H26N2O3. The molecule has 150 valence electrons. The normalized spacial score (nSPS) is 14.5. The summed E-state index contributed by atoms with van der Waals surface area (Å²) in [4.78, 5) is 27.8. The van der Waals surface area contributed by atoms with E-state index in [0.717, 1.165) is 10.9 Å². The SMILES string of the molecule is COc1ccc2cc(CCNC(=O)CC(c3ccccc3)C3CC3)c(=O)[nH]c2c1. The van der Waals surface area contributed by atoms with Crippen molar-refractivity contribution in [3.8, 4) is 5.75 Å². The minimum absolute atomic E-state index is 0.0488. The van der Waals surface area contributed by atoms with Gasteiger partial charge in [0.05, 0.1) is 12.6 Å². The molecule has 0 saturated heterocycles. The maximum Gasteiger partial charge on any atom is 0.251 e. The second-order valence-corrected chi connectivity index (χ2v) is 7.74. The zero-order valence-electron chi connectivity index (χ0n) is 16.6. The highest BCUT2D eigenvalue weighted by atomic mass is 16.5. The molecule has 1 aliphatic rings. The zero-order chi connectivity index (χ0) is 20.2. The predicted octanol–water partition coefficient (Wildman–Crippen LogP) is 3.78. The number of carbonyl (C=O) groups is 1. The Morgan fingerprint density at radius 3 is 2.69 bits per heavy atom. The largest absolute Gasteiger partial charge is 0.497 e. The molecular weight excluding hydrogens is 364 g/mol. The van der Waals surface area contributed by atoms with Gasteiger partial charge >= 0.3 is 0 Å². The van der Waals surface area contributed by atoms with Crippen LogP contribution in [0.5, 0.6) is 5.75 Å². The fourth-order valence-corrected chi connectivity index (χ4v) is 3.90. The number of H-pyrrole nitrogens is 1. The van der Waals surface area contributed by atoms with Crippen LogP contribution in [-0.4, -0.2) is 24.5 Å². The van der Waals surface area contributed by atoms with Gasteiger partial charge < -0.3 is 15.0 Å². The summed E-state index contributed by atoms with van der Waals surface area (Å²) in [6.07, 6.45) is 3.40. The molecule has 1 fully saturated rings. The van der Waals surface area contributed by atoms with Crippen LogP contribution in [0.4, 0.5) is 0 Å². The Bertz CT molecular complexity index is 1050. The number of methoxy groups -OCH3 is 1. The Balaban J connectivity index is 1.36. The second kappa shape index (κ2) is 8.52. The molecule has 1 aliphatic carbocycles. The van der Waals surface area contributed by atoms with Crippen molar-refractivity contribution in [2.45, 2.75) is 31.6 Å². The monoisotopic (exact) mass is 390 g/mol. The maximum absolute atomic E-state index is 12.5. The van der Waals surface area contributed by atoms with Gasteiger partial charge in [-0.1, -0.05) is 30.3 Å². The maximum atomic E-state index is 12.5. The van der Waals surface area contributed by atoms with E-state index < -0.39 is 0 Å². The highest BCUT2D eigenvalue weighted by Gasteiger charge is 2.33. The molecule has 2 N–H and O–H groups in total. The topological polar surface area (TPSA) is 71.2 Å². The van der Waals surface area contributed by atoms with Gasteiger partial charge in [-0.2, -0.15) is 0 Å².